The van der Waals surface area contributed by atoms with E-state index < -0.39 is 0 Å². The zero-order chi connectivity index (χ0) is 31.0. The van der Waals surface area contributed by atoms with Crippen LogP contribution in [0.5, 0.6) is 0 Å². The number of benzene rings is 2. The molecule has 0 aliphatic heterocycles. The van der Waals surface area contributed by atoms with Gasteiger partial charge in [-0.3, -0.25) is 0 Å². The van der Waals surface area contributed by atoms with Crippen molar-refractivity contribution in [3.63, 3.8) is 0 Å². The number of terminal acetylenes is 1. The first-order valence-corrected chi connectivity index (χ1v) is 16.6. The van der Waals surface area contributed by atoms with Crippen LogP contribution in [0.3, 0.4) is 0 Å². The van der Waals surface area contributed by atoms with Crippen molar-refractivity contribution in [1.82, 2.24) is 0 Å². The molecule has 0 radical (unpaired) electrons. The van der Waals surface area contributed by atoms with E-state index >= 15 is 0 Å². The molecule has 42 heavy (non-hydrogen) atoms. The average molecular weight is 563 g/mol. The van der Waals surface area contributed by atoms with E-state index in [1.54, 1.807) is 11.1 Å². The highest BCUT2D eigenvalue weighted by atomic mass is 14.6. The molecule has 0 heteroatoms. The Balaban J connectivity index is 2.58. The van der Waals surface area contributed by atoms with Gasteiger partial charge in [0.2, 0.25) is 0 Å². The third kappa shape index (κ3) is 6.88. The lowest BCUT2D eigenvalue weighted by Gasteiger charge is -2.62. The third-order valence-corrected chi connectivity index (χ3v) is 9.88. The molecule has 2 aromatic rings. The molecule has 0 nitrogen and oxygen atoms in total. The van der Waals surface area contributed by atoms with E-state index in [-0.39, 0.29) is 16.2 Å². The molecule has 2 aromatic carbocycles. The van der Waals surface area contributed by atoms with Gasteiger partial charge >= 0.3 is 0 Å². The minimum Gasteiger partial charge on any atom is -0.120 e. The molecule has 0 fully saturated rings. The highest BCUT2D eigenvalue weighted by Crippen LogP contribution is 2.68. The summed E-state index contributed by atoms with van der Waals surface area (Å²) in [7, 11) is 0. The number of aryl methyl sites for hydroxylation is 1. The van der Waals surface area contributed by atoms with E-state index in [1.165, 1.54) is 41.5 Å². The first-order chi connectivity index (χ1) is 20.0. The summed E-state index contributed by atoms with van der Waals surface area (Å²) in [5.41, 5.74) is 9.06. The fraction of sp³-hybridized carbons (Fsp3) is 0.524. The van der Waals surface area contributed by atoms with Crippen molar-refractivity contribution in [2.45, 2.75) is 113 Å². The number of hydrogen-bond acceptors (Lipinski definition) is 0. The average Bonchev–Trinajstić information content (AvgIpc) is 2.94. The summed E-state index contributed by atoms with van der Waals surface area (Å²) in [5.74, 6) is 4.18. The van der Waals surface area contributed by atoms with Crippen LogP contribution in [0, 0.1) is 40.4 Å². The van der Waals surface area contributed by atoms with Crippen LogP contribution in [0.15, 0.2) is 95.6 Å². The molecule has 0 aromatic heterocycles. The summed E-state index contributed by atoms with van der Waals surface area (Å²) in [6.07, 6.45) is 18.0. The molecular weight excluding hydrogens is 504 g/mol. The molecule has 0 heterocycles. The molecule has 0 saturated heterocycles. The molecule has 1 aliphatic rings. The smallest absolute Gasteiger partial charge is 0.0308 e. The van der Waals surface area contributed by atoms with Gasteiger partial charge in [-0.2, -0.15) is 0 Å². The van der Waals surface area contributed by atoms with Crippen molar-refractivity contribution in [2.24, 2.45) is 28.1 Å². The number of hydrogen-bond donors (Lipinski definition) is 0. The molecule has 2 unspecified atom stereocenters. The Labute approximate surface area is 259 Å². The van der Waals surface area contributed by atoms with E-state index in [2.05, 4.69) is 135 Å². The van der Waals surface area contributed by atoms with Gasteiger partial charge in [-0.1, -0.05) is 141 Å². The lowest BCUT2D eigenvalue weighted by molar-refractivity contribution is 0.0220. The Morgan fingerprint density at radius 1 is 0.881 bits per heavy atom. The fourth-order valence-corrected chi connectivity index (χ4v) is 8.40. The zero-order valence-corrected chi connectivity index (χ0v) is 28.2. The number of rotatable bonds is 14. The highest BCUT2D eigenvalue weighted by molar-refractivity contribution is 5.55. The van der Waals surface area contributed by atoms with Crippen LogP contribution >= 0.6 is 0 Å². The molecule has 3 rings (SSSR count). The summed E-state index contributed by atoms with van der Waals surface area (Å²) in [5, 5.41) is 0. The number of unbranched alkanes of at least 4 members (excludes halogenated alkanes) is 1. The predicted octanol–water partition coefficient (Wildman–Crippen LogP) is 12.0. The van der Waals surface area contributed by atoms with Crippen molar-refractivity contribution in [2.75, 3.05) is 0 Å². The summed E-state index contributed by atoms with van der Waals surface area (Å²) >= 11 is 0. The van der Waals surface area contributed by atoms with Gasteiger partial charge in [-0.25, -0.2) is 0 Å². The predicted molar refractivity (Wildman–Crippen MR) is 185 cm³/mol. The first-order valence-electron chi connectivity index (χ1n) is 16.6. The van der Waals surface area contributed by atoms with Crippen molar-refractivity contribution in [3.8, 4) is 12.3 Å². The second kappa shape index (κ2) is 14.6. The molecule has 0 spiro atoms. The second-order valence-electron chi connectivity index (χ2n) is 14.5. The van der Waals surface area contributed by atoms with Gasteiger partial charge in [-0.05, 0) is 83.6 Å². The van der Waals surface area contributed by atoms with Gasteiger partial charge in [0.1, 0.15) is 0 Å². The lowest BCUT2D eigenvalue weighted by Crippen LogP contribution is -2.54. The molecule has 0 bridgehead atoms. The maximum atomic E-state index is 6.33. The summed E-state index contributed by atoms with van der Waals surface area (Å²) < 4.78 is 0. The van der Waals surface area contributed by atoms with Crippen LogP contribution in [0.25, 0.3) is 0 Å². The van der Waals surface area contributed by atoms with Crippen molar-refractivity contribution in [3.05, 3.63) is 107 Å². The molecule has 1 aliphatic carbocycles. The normalized spacial score (nSPS) is 21.3. The van der Waals surface area contributed by atoms with Crippen LogP contribution < -0.4 is 0 Å². The zero-order valence-electron chi connectivity index (χ0n) is 28.2. The Morgan fingerprint density at radius 3 is 1.95 bits per heavy atom. The van der Waals surface area contributed by atoms with E-state index in [9.17, 15) is 0 Å². The Bertz CT molecular complexity index is 1250. The second-order valence-corrected chi connectivity index (χ2v) is 14.5. The van der Waals surface area contributed by atoms with Gasteiger partial charge in [0, 0.05) is 17.3 Å². The third-order valence-electron chi connectivity index (χ3n) is 9.88. The van der Waals surface area contributed by atoms with Gasteiger partial charge in [-0.15, -0.1) is 18.9 Å². The van der Waals surface area contributed by atoms with Gasteiger partial charge in [0.05, 0.1) is 0 Å². The first kappa shape index (κ1) is 33.7. The maximum Gasteiger partial charge on any atom is 0.0308 e. The number of allylic oxidation sites excluding steroid dienone is 5. The minimum atomic E-state index is -0.0952. The molecule has 226 valence electrons. The van der Waals surface area contributed by atoms with Gasteiger partial charge < -0.3 is 0 Å². The maximum absolute atomic E-state index is 6.33. The Hall–Kier alpha value is -2.78. The van der Waals surface area contributed by atoms with Crippen molar-refractivity contribution < 1.29 is 0 Å². The molecular formula is C42H58. The fourth-order valence-electron chi connectivity index (χ4n) is 8.40. The molecule has 0 amide bonds. The standard InChI is InChI=1S/C42H58/c1-11-14-28-41(29-27-34-23-17-15-18-24-34)38(30-32(4)5)39(40(8,9)10)36(21-12-2)37(22-13-3)42(41,33(6)7)31-35-25-19-16-20-26-35/h3,12,15-20,23-26,32-33H,2,11,14,21-22,27-31H2,1,4-10H3. The monoisotopic (exact) mass is 562 g/mol. The van der Waals surface area contributed by atoms with Crippen LogP contribution in [0.2, 0.25) is 0 Å². The van der Waals surface area contributed by atoms with Crippen LogP contribution in [-0.2, 0) is 12.8 Å². The Kier molecular flexibility index (Phi) is 11.7. The Morgan fingerprint density at radius 2 is 1.48 bits per heavy atom. The van der Waals surface area contributed by atoms with Crippen LogP contribution in [0.1, 0.15) is 111 Å². The van der Waals surface area contributed by atoms with Crippen LogP contribution in [0.4, 0.5) is 0 Å². The van der Waals surface area contributed by atoms with Gasteiger partial charge in [0.15, 0.2) is 0 Å². The molecule has 0 saturated carbocycles. The quantitative estimate of drug-likeness (QED) is 0.159. The van der Waals surface area contributed by atoms with E-state index in [0.717, 1.165) is 32.1 Å². The lowest BCUT2D eigenvalue weighted by atomic mass is 9.42. The van der Waals surface area contributed by atoms with E-state index in [4.69, 9.17) is 6.42 Å². The summed E-state index contributed by atoms with van der Waals surface area (Å²) in [6.45, 7) is 23.7. The van der Waals surface area contributed by atoms with Gasteiger partial charge in [0.25, 0.3) is 0 Å². The van der Waals surface area contributed by atoms with E-state index in [0.29, 0.717) is 18.3 Å². The molecule has 2 atom stereocenters. The largest absolute Gasteiger partial charge is 0.120 e. The van der Waals surface area contributed by atoms with Crippen LogP contribution in [-0.4, -0.2) is 0 Å². The highest BCUT2D eigenvalue weighted by Gasteiger charge is 2.59. The van der Waals surface area contributed by atoms with Crippen molar-refractivity contribution >= 4 is 0 Å². The SMILES string of the molecule is C#CCC1=C(CC=C)C(C(C)(C)C)=C(CC(C)C)C(CCCC)(CCc2ccccc2)C1(Cc1ccccc1)C(C)C. The summed E-state index contributed by atoms with van der Waals surface area (Å²) in [4.78, 5) is 0. The topological polar surface area (TPSA) is 0 Å². The molecule has 0 N–H and O–H groups in total. The minimum absolute atomic E-state index is 0.00249. The van der Waals surface area contributed by atoms with Crippen molar-refractivity contribution in [1.29, 1.82) is 0 Å². The summed E-state index contributed by atoms with van der Waals surface area (Å²) in [6, 6.07) is 22.4. The van der Waals surface area contributed by atoms with E-state index in [1.807, 2.05) is 0 Å².